The Kier molecular flexibility index (Phi) is 8.50. The van der Waals surface area contributed by atoms with Gasteiger partial charge >= 0.3 is 11.8 Å². The standard InChI is InChI=1S/C23H28F2N4O.C2H6/c1-5-7-17-19(6-2)29(22(30)23(17,24)25)14-21-27-18-12-16(13-26)8-9-20(18)28(21)11-10-15(3)4;1-2/h5-9,12,15H,2,10-11,13-14,26H2,1,3-4H3;1-2H3/b7-5-;. The summed E-state index contributed by atoms with van der Waals surface area (Å²) in [6, 6.07) is 5.79. The molecule has 0 saturated carbocycles. The van der Waals surface area contributed by atoms with Crippen LogP contribution in [0.25, 0.3) is 11.0 Å². The van der Waals surface area contributed by atoms with Crippen LogP contribution in [0.2, 0.25) is 0 Å². The van der Waals surface area contributed by atoms with Crippen LogP contribution >= 0.6 is 0 Å². The van der Waals surface area contributed by atoms with Gasteiger partial charge in [0, 0.05) is 13.1 Å². The minimum Gasteiger partial charge on any atom is -0.326 e. The Hall–Kier alpha value is -2.80. The van der Waals surface area contributed by atoms with Crippen LogP contribution in [0.4, 0.5) is 8.78 Å². The summed E-state index contributed by atoms with van der Waals surface area (Å²) in [5.41, 5.74) is 8.12. The quantitative estimate of drug-likeness (QED) is 0.580. The molecule has 2 N–H and O–H groups in total. The van der Waals surface area contributed by atoms with Crippen LogP contribution in [-0.2, 0) is 24.4 Å². The summed E-state index contributed by atoms with van der Waals surface area (Å²) in [5, 5.41) is 0. The van der Waals surface area contributed by atoms with Crippen molar-refractivity contribution in [3.05, 3.63) is 65.7 Å². The van der Waals surface area contributed by atoms with Crippen LogP contribution in [0, 0.1) is 5.92 Å². The Balaban J connectivity index is 0.00000176. The normalized spacial score (nSPS) is 15.8. The van der Waals surface area contributed by atoms with E-state index in [9.17, 15) is 13.6 Å². The topological polar surface area (TPSA) is 64.2 Å². The predicted molar refractivity (Wildman–Crippen MR) is 126 cm³/mol. The molecule has 7 heteroatoms. The molecule has 2 heterocycles. The Bertz CT molecular complexity index is 1030. The van der Waals surface area contributed by atoms with Gasteiger partial charge in [-0.05, 0) is 43.0 Å². The van der Waals surface area contributed by atoms with Crippen molar-refractivity contribution in [2.24, 2.45) is 11.7 Å². The lowest BCUT2D eigenvalue weighted by molar-refractivity contribution is -0.146. The number of fused-ring (bicyclic) bond motifs is 1. The molecule has 3 rings (SSSR count). The second-order valence-corrected chi connectivity index (χ2v) is 7.86. The molecule has 1 aromatic heterocycles. The fourth-order valence-corrected chi connectivity index (χ4v) is 3.69. The van der Waals surface area contributed by atoms with Crippen molar-refractivity contribution < 1.29 is 13.6 Å². The number of halogens is 2. The number of carbonyl (C=O) groups is 1. The van der Waals surface area contributed by atoms with Crippen molar-refractivity contribution in [2.45, 2.75) is 66.6 Å². The fraction of sp³-hybridized carbons (Fsp3) is 0.440. The molecule has 0 radical (unpaired) electrons. The van der Waals surface area contributed by atoms with Crippen molar-refractivity contribution in [1.82, 2.24) is 14.5 Å². The number of amides is 1. The number of aryl methyl sites for hydroxylation is 1. The van der Waals surface area contributed by atoms with Gasteiger partial charge < -0.3 is 10.3 Å². The summed E-state index contributed by atoms with van der Waals surface area (Å²) in [5.74, 6) is -3.82. The minimum atomic E-state index is -3.59. The van der Waals surface area contributed by atoms with Crippen LogP contribution in [0.5, 0.6) is 0 Å². The van der Waals surface area contributed by atoms with E-state index in [0.717, 1.165) is 27.9 Å². The molecule has 1 aromatic carbocycles. The first-order valence-corrected chi connectivity index (χ1v) is 11.1. The zero-order valence-electron chi connectivity index (χ0n) is 19.7. The third kappa shape index (κ3) is 4.83. The van der Waals surface area contributed by atoms with Crippen molar-refractivity contribution in [3.8, 4) is 0 Å². The molecule has 1 aliphatic heterocycles. The highest BCUT2D eigenvalue weighted by Crippen LogP contribution is 2.40. The summed E-state index contributed by atoms with van der Waals surface area (Å²) < 4.78 is 31.3. The van der Waals surface area contributed by atoms with Crippen LogP contribution in [0.1, 0.15) is 52.4 Å². The molecule has 0 fully saturated rings. The highest BCUT2D eigenvalue weighted by molar-refractivity contribution is 5.93. The van der Waals surface area contributed by atoms with Gasteiger partial charge in [0.05, 0.1) is 28.8 Å². The maximum absolute atomic E-state index is 14.6. The number of hydrogen-bond donors (Lipinski definition) is 1. The van der Waals surface area contributed by atoms with Crippen LogP contribution < -0.4 is 5.73 Å². The van der Waals surface area contributed by atoms with Gasteiger partial charge in [0.1, 0.15) is 5.82 Å². The summed E-state index contributed by atoms with van der Waals surface area (Å²) >= 11 is 0. The molecule has 0 unspecified atom stereocenters. The molecular formula is C25H34F2N4O. The number of allylic oxidation sites excluding steroid dienone is 3. The number of nitrogens with zero attached hydrogens (tertiary/aromatic N) is 3. The van der Waals surface area contributed by atoms with E-state index in [1.165, 1.54) is 18.2 Å². The van der Waals surface area contributed by atoms with Gasteiger partial charge in [0.2, 0.25) is 0 Å². The fourth-order valence-electron chi connectivity index (χ4n) is 3.69. The largest absolute Gasteiger partial charge is 0.352 e. The van der Waals surface area contributed by atoms with Gasteiger partial charge in [-0.25, -0.2) is 4.98 Å². The number of imidazole rings is 1. The predicted octanol–water partition coefficient (Wildman–Crippen LogP) is 5.56. The molecule has 0 bridgehead atoms. The van der Waals surface area contributed by atoms with E-state index in [2.05, 4.69) is 25.4 Å². The monoisotopic (exact) mass is 444 g/mol. The molecule has 0 atom stereocenters. The van der Waals surface area contributed by atoms with Gasteiger partial charge in [-0.15, -0.1) is 0 Å². The van der Waals surface area contributed by atoms with E-state index < -0.39 is 11.8 Å². The number of alkyl halides is 2. The lowest BCUT2D eigenvalue weighted by Gasteiger charge is -2.20. The zero-order valence-corrected chi connectivity index (χ0v) is 19.7. The number of hydrogen-bond acceptors (Lipinski definition) is 3. The first kappa shape index (κ1) is 25.5. The lowest BCUT2D eigenvalue weighted by Crippen LogP contribution is -2.36. The molecule has 2 aromatic rings. The van der Waals surface area contributed by atoms with E-state index in [1.807, 2.05) is 36.6 Å². The summed E-state index contributed by atoms with van der Waals surface area (Å²) in [4.78, 5) is 18.3. The maximum atomic E-state index is 14.6. The smallest absolute Gasteiger partial charge is 0.326 e. The summed E-state index contributed by atoms with van der Waals surface area (Å²) in [6.07, 6.45) is 4.97. The molecule has 1 amide bonds. The maximum Gasteiger partial charge on any atom is 0.352 e. The molecular weight excluding hydrogens is 410 g/mol. The van der Waals surface area contributed by atoms with E-state index in [1.54, 1.807) is 6.92 Å². The summed E-state index contributed by atoms with van der Waals surface area (Å²) in [7, 11) is 0. The molecule has 0 spiro atoms. The van der Waals surface area contributed by atoms with Gasteiger partial charge in [-0.3, -0.25) is 9.69 Å². The number of rotatable bonds is 8. The first-order chi connectivity index (χ1) is 15.2. The lowest BCUT2D eigenvalue weighted by atomic mass is 10.1. The highest BCUT2D eigenvalue weighted by Gasteiger charge is 2.53. The second-order valence-electron chi connectivity index (χ2n) is 7.86. The number of nitrogens with two attached hydrogens (primary N) is 1. The van der Waals surface area contributed by atoms with Gasteiger partial charge in [-0.1, -0.05) is 52.5 Å². The van der Waals surface area contributed by atoms with Gasteiger partial charge in [0.15, 0.2) is 0 Å². The average molecular weight is 445 g/mol. The van der Waals surface area contributed by atoms with Crippen LogP contribution in [-0.4, -0.2) is 26.3 Å². The van der Waals surface area contributed by atoms with Gasteiger partial charge in [-0.2, -0.15) is 8.78 Å². The van der Waals surface area contributed by atoms with Crippen molar-refractivity contribution in [1.29, 1.82) is 0 Å². The van der Waals surface area contributed by atoms with Crippen molar-refractivity contribution in [2.75, 3.05) is 0 Å². The number of carbonyl (C=O) groups excluding carboxylic acids is 1. The SMILES string of the molecule is C=CC1=C(/C=C\C)C(F)(F)C(=O)N1Cc1nc2cc(CN)ccc2n1CCC(C)C.CC. The van der Waals surface area contributed by atoms with E-state index in [0.29, 0.717) is 24.8 Å². The molecule has 5 nitrogen and oxygen atoms in total. The van der Waals surface area contributed by atoms with E-state index in [4.69, 9.17) is 5.73 Å². The third-order valence-electron chi connectivity index (χ3n) is 5.30. The van der Waals surface area contributed by atoms with Crippen LogP contribution in [0.3, 0.4) is 0 Å². The Morgan fingerprint density at radius 3 is 2.53 bits per heavy atom. The second kappa shape index (κ2) is 10.7. The van der Waals surface area contributed by atoms with Crippen molar-refractivity contribution >= 4 is 16.9 Å². The molecule has 0 saturated heterocycles. The average Bonchev–Trinajstić information content (AvgIpc) is 3.21. The molecule has 1 aliphatic rings. The van der Waals surface area contributed by atoms with Crippen LogP contribution in [0.15, 0.2) is 54.3 Å². The van der Waals surface area contributed by atoms with Gasteiger partial charge in [0.25, 0.3) is 0 Å². The number of aromatic nitrogens is 2. The first-order valence-electron chi connectivity index (χ1n) is 11.1. The summed E-state index contributed by atoms with van der Waals surface area (Å²) in [6.45, 7) is 14.5. The van der Waals surface area contributed by atoms with E-state index in [-0.39, 0.29) is 17.8 Å². The van der Waals surface area contributed by atoms with Crippen molar-refractivity contribution in [3.63, 3.8) is 0 Å². The number of benzene rings is 1. The Morgan fingerprint density at radius 1 is 1.28 bits per heavy atom. The van der Waals surface area contributed by atoms with E-state index >= 15 is 0 Å². The zero-order chi connectivity index (χ0) is 24.1. The third-order valence-corrected chi connectivity index (χ3v) is 5.30. The highest BCUT2D eigenvalue weighted by atomic mass is 19.3. The Labute approximate surface area is 189 Å². The molecule has 0 aliphatic carbocycles. The minimum absolute atomic E-state index is 0.0540. The molecule has 32 heavy (non-hydrogen) atoms. The molecule has 174 valence electrons. The Morgan fingerprint density at radius 2 is 1.97 bits per heavy atom.